The molecule has 2 amide bonds. The molecule has 0 radical (unpaired) electrons. The van der Waals surface area contributed by atoms with Gasteiger partial charge in [-0.1, -0.05) is 30.3 Å². The molecule has 0 aromatic heterocycles. The minimum Gasteiger partial charge on any atom is -0.445 e. The zero-order valence-electron chi connectivity index (χ0n) is 21.5. The zero-order chi connectivity index (χ0) is 27.1. The summed E-state index contributed by atoms with van der Waals surface area (Å²) in [7, 11) is 1.91. The maximum atomic E-state index is 13.2. The molecule has 2 aliphatic rings. The third-order valence-corrected chi connectivity index (χ3v) is 7.39. The molecule has 202 valence electrons. The van der Waals surface area contributed by atoms with Crippen molar-refractivity contribution in [1.82, 2.24) is 15.5 Å². The molecule has 10 heteroatoms. The number of benzene rings is 2. The van der Waals surface area contributed by atoms with Crippen LogP contribution in [0.5, 0.6) is 0 Å². The van der Waals surface area contributed by atoms with Gasteiger partial charge in [-0.15, -0.1) is 0 Å². The number of piperidine rings is 1. The highest BCUT2D eigenvalue weighted by molar-refractivity contribution is 6.20. The number of ether oxygens (including phenoxy) is 1. The van der Waals surface area contributed by atoms with Crippen molar-refractivity contribution in [2.24, 2.45) is 28.3 Å². The Bertz CT molecular complexity index is 1180. The maximum Gasteiger partial charge on any atom is 0.410 e. The first kappa shape index (κ1) is 27.1. The van der Waals surface area contributed by atoms with E-state index < -0.39 is 11.7 Å². The quantitative estimate of drug-likeness (QED) is 0.215. The van der Waals surface area contributed by atoms with Crippen molar-refractivity contribution in [1.29, 1.82) is 0 Å². The fraction of sp³-hybridized carbons (Fsp3) is 0.393. The van der Waals surface area contributed by atoms with Crippen molar-refractivity contribution in [3.63, 3.8) is 0 Å². The summed E-state index contributed by atoms with van der Waals surface area (Å²) in [4.78, 5) is 30.8. The average molecular weight is 523 g/mol. The smallest absolute Gasteiger partial charge is 0.410 e. The topological polar surface area (TPSA) is 135 Å². The standard InChI is InChI=1S/C28H35FN6O3/c1-32-16-21-15-28(21,33-17-24(26(31)36)25(30)34-23-9-7-22(29)8-10-23)20-11-13-35(14-12-20)27(37)38-18-19-5-3-2-4-6-19/h2-10,17,20-21,32-33H,11-16,18H2,1H3,(H2,30,34)(H2,31,36)/b24-17+/t21-,28+/m1/s1. The van der Waals surface area contributed by atoms with Crippen LogP contribution in [0.3, 0.4) is 0 Å². The predicted molar refractivity (Wildman–Crippen MR) is 144 cm³/mol. The summed E-state index contributed by atoms with van der Waals surface area (Å²) < 4.78 is 18.7. The van der Waals surface area contributed by atoms with Gasteiger partial charge >= 0.3 is 6.09 Å². The molecule has 2 fully saturated rings. The van der Waals surface area contributed by atoms with Crippen LogP contribution in [-0.4, -0.2) is 55.0 Å². The molecular weight excluding hydrogens is 487 g/mol. The summed E-state index contributed by atoms with van der Waals surface area (Å²) in [6.07, 6.45) is 3.76. The van der Waals surface area contributed by atoms with E-state index in [-0.39, 0.29) is 35.6 Å². The van der Waals surface area contributed by atoms with E-state index in [0.29, 0.717) is 24.7 Å². The predicted octanol–water partition coefficient (Wildman–Crippen LogP) is 2.80. The van der Waals surface area contributed by atoms with E-state index in [2.05, 4.69) is 15.6 Å². The number of carbonyl (C=O) groups excluding carboxylic acids is 2. The van der Waals surface area contributed by atoms with Crippen molar-refractivity contribution in [2.75, 3.05) is 26.7 Å². The van der Waals surface area contributed by atoms with Crippen molar-refractivity contribution >= 4 is 23.5 Å². The lowest BCUT2D eigenvalue weighted by Crippen LogP contribution is -2.47. The largest absolute Gasteiger partial charge is 0.445 e. The summed E-state index contributed by atoms with van der Waals surface area (Å²) in [6, 6.07) is 15.1. The first-order valence-corrected chi connectivity index (χ1v) is 12.8. The zero-order valence-corrected chi connectivity index (χ0v) is 21.5. The molecular formula is C28H35FN6O3. The third kappa shape index (κ3) is 6.49. The molecule has 1 saturated carbocycles. The molecule has 2 aromatic carbocycles. The van der Waals surface area contributed by atoms with E-state index in [0.717, 1.165) is 31.4 Å². The van der Waals surface area contributed by atoms with Crippen molar-refractivity contribution in [2.45, 2.75) is 31.4 Å². The number of halogens is 1. The first-order chi connectivity index (χ1) is 18.3. The van der Waals surface area contributed by atoms with Gasteiger partial charge < -0.3 is 31.7 Å². The lowest BCUT2D eigenvalue weighted by Gasteiger charge is -2.37. The Morgan fingerprint density at radius 2 is 1.82 bits per heavy atom. The molecule has 4 rings (SSSR count). The summed E-state index contributed by atoms with van der Waals surface area (Å²) in [6.45, 7) is 2.24. The molecule has 2 atom stereocenters. The Kier molecular flexibility index (Phi) is 8.62. The van der Waals surface area contributed by atoms with E-state index in [9.17, 15) is 14.0 Å². The summed E-state index contributed by atoms with van der Waals surface area (Å²) in [5.41, 5.74) is 12.9. The van der Waals surface area contributed by atoms with Crippen LogP contribution in [0, 0.1) is 17.7 Å². The molecule has 1 aliphatic carbocycles. The van der Waals surface area contributed by atoms with Gasteiger partial charge in [-0.3, -0.25) is 4.79 Å². The second-order valence-electron chi connectivity index (χ2n) is 9.84. The van der Waals surface area contributed by atoms with E-state index in [1.165, 1.54) is 24.3 Å². The Morgan fingerprint density at radius 1 is 1.13 bits per heavy atom. The summed E-state index contributed by atoms with van der Waals surface area (Å²) in [5, 5.41) is 6.70. The Morgan fingerprint density at radius 3 is 2.45 bits per heavy atom. The van der Waals surface area contributed by atoms with Crippen LogP contribution >= 0.6 is 0 Å². The Balaban J connectivity index is 1.41. The lowest BCUT2D eigenvalue weighted by molar-refractivity contribution is -0.114. The van der Waals surface area contributed by atoms with Gasteiger partial charge in [0.2, 0.25) is 0 Å². The molecule has 0 bridgehead atoms. The van der Waals surface area contributed by atoms with Gasteiger partial charge in [0.1, 0.15) is 18.3 Å². The monoisotopic (exact) mass is 522 g/mol. The number of nitrogens with one attached hydrogen (secondary N) is 2. The second kappa shape index (κ2) is 12.1. The number of aliphatic imine (C=N–C) groups is 1. The molecule has 0 unspecified atom stereocenters. The van der Waals surface area contributed by atoms with Gasteiger partial charge in [-0.2, -0.15) is 0 Å². The normalized spacial score (nSPS) is 22.2. The van der Waals surface area contributed by atoms with E-state index in [1.54, 1.807) is 11.1 Å². The number of carbonyl (C=O) groups is 2. The fourth-order valence-electron chi connectivity index (χ4n) is 5.22. The number of amidine groups is 1. The van der Waals surface area contributed by atoms with Gasteiger partial charge in [0, 0.05) is 24.8 Å². The fourth-order valence-corrected chi connectivity index (χ4v) is 5.22. The average Bonchev–Trinajstić information content (AvgIpc) is 3.62. The van der Waals surface area contributed by atoms with E-state index in [4.69, 9.17) is 16.2 Å². The highest BCUT2D eigenvalue weighted by atomic mass is 19.1. The Labute approximate surface area is 222 Å². The van der Waals surface area contributed by atoms with Gasteiger partial charge in [0.15, 0.2) is 0 Å². The van der Waals surface area contributed by atoms with Crippen LogP contribution in [0.4, 0.5) is 14.9 Å². The molecule has 1 heterocycles. The first-order valence-electron chi connectivity index (χ1n) is 12.8. The number of rotatable bonds is 10. The highest BCUT2D eigenvalue weighted by Gasteiger charge is 2.58. The number of nitrogens with two attached hydrogens (primary N) is 2. The number of hydrogen-bond acceptors (Lipinski definition) is 6. The van der Waals surface area contributed by atoms with Crippen LogP contribution in [-0.2, 0) is 16.1 Å². The number of nitrogens with zero attached hydrogens (tertiary/aromatic N) is 2. The molecule has 6 N–H and O–H groups in total. The van der Waals surface area contributed by atoms with Gasteiger partial charge in [0.05, 0.1) is 11.3 Å². The summed E-state index contributed by atoms with van der Waals surface area (Å²) >= 11 is 0. The highest BCUT2D eigenvalue weighted by Crippen LogP contribution is 2.52. The molecule has 1 saturated heterocycles. The van der Waals surface area contributed by atoms with Crippen LogP contribution in [0.1, 0.15) is 24.8 Å². The second-order valence-corrected chi connectivity index (χ2v) is 9.84. The minimum atomic E-state index is -0.710. The molecule has 9 nitrogen and oxygen atoms in total. The Hall–Kier alpha value is -3.92. The van der Waals surface area contributed by atoms with Crippen molar-refractivity contribution in [3.05, 3.63) is 77.8 Å². The molecule has 2 aromatic rings. The van der Waals surface area contributed by atoms with Crippen LogP contribution in [0.2, 0.25) is 0 Å². The van der Waals surface area contributed by atoms with E-state index in [1.807, 2.05) is 37.4 Å². The van der Waals surface area contributed by atoms with Gasteiger partial charge in [-0.25, -0.2) is 14.2 Å². The van der Waals surface area contributed by atoms with Gasteiger partial charge in [-0.05, 0) is 74.5 Å². The molecule has 0 spiro atoms. The van der Waals surface area contributed by atoms with Crippen molar-refractivity contribution < 1.29 is 18.7 Å². The van der Waals surface area contributed by atoms with Crippen molar-refractivity contribution in [3.8, 4) is 0 Å². The van der Waals surface area contributed by atoms with Crippen LogP contribution < -0.4 is 22.1 Å². The minimum absolute atomic E-state index is 0.0476. The number of amides is 2. The maximum absolute atomic E-state index is 13.2. The number of hydrogen-bond donors (Lipinski definition) is 4. The van der Waals surface area contributed by atoms with E-state index >= 15 is 0 Å². The molecule has 38 heavy (non-hydrogen) atoms. The lowest BCUT2D eigenvalue weighted by atomic mass is 9.85. The number of likely N-dealkylation sites (tertiary alicyclic amines) is 1. The van der Waals surface area contributed by atoms with Crippen LogP contribution in [0.15, 0.2) is 71.4 Å². The van der Waals surface area contributed by atoms with Gasteiger partial charge in [0.25, 0.3) is 5.91 Å². The third-order valence-electron chi connectivity index (χ3n) is 7.39. The molecule has 1 aliphatic heterocycles. The SMILES string of the molecule is CNC[C@H]1C[C@]1(N/C=C(/C(N)=O)C(N)=Nc1ccc(F)cc1)C1CCN(C(=O)OCc2ccccc2)CC1. The van der Waals surface area contributed by atoms with Crippen LogP contribution in [0.25, 0.3) is 0 Å². The summed E-state index contributed by atoms with van der Waals surface area (Å²) in [5.74, 6) is -0.530. The number of primary amides is 1.